The molecule has 1 heterocycles. The van der Waals surface area contributed by atoms with Gasteiger partial charge in [0.15, 0.2) is 0 Å². The maximum Gasteiger partial charge on any atom is 0.324 e. The third-order valence-corrected chi connectivity index (χ3v) is 12.6. The summed E-state index contributed by atoms with van der Waals surface area (Å²) < 4.78 is 0.453. The molecule has 0 aliphatic carbocycles. The molecule has 0 N–H and O–H groups in total. The molecule has 1 rings (SSSR count). The monoisotopic (exact) mass is 756 g/mol. The van der Waals surface area contributed by atoms with Crippen LogP contribution in [0.5, 0.6) is 0 Å². The van der Waals surface area contributed by atoms with Gasteiger partial charge in [0.1, 0.15) is 6.20 Å². The molecule has 0 aromatic heterocycles. The zero-order valence-electron chi connectivity index (χ0n) is 37.6. The van der Waals surface area contributed by atoms with Gasteiger partial charge in [0.25, 0.3) is 0 Å². The average molecular weight is 756 g/mol. The number of aliphatic imine (C=N–C) groups is 1. The lowest BCUT2D eigenvalue weighted by atomic mass is 10.0. The van der Waals surface area contributed by atoms with Crippen molar-refractivity contribution < 1.29 is 9.28 Å². The van der Waals surface area contributed by atoms with E-state index in [2.05, 4.69) is 27.0 Å². The van der Waals surface area contributed by atoms with Gasteiger partial charge in [-0.2, -0.15) is 4.48 Å². The van der Waals surface area contributed by atoms with Gasteiger partial charge in [0.2, 0.25) is 5.84 Å². The summed E-state index contributed by atoms with van der Waals surface area (Å²) in [5.41, 5.74) is 0. The van der Waals surface area contributed by atoms with Crippen LogP contribution in [-0.4, -0.2) is 22.8 Å². The van der Waals surface area contributed by atoms with Crippen LogP contribution in [0.3, 0.4) is 0 Å². The zero-order chi connectivity index (χ0) is 38.9. The summed E-state index contributed by atoms with van der Waals surface area (Å²) in [5, 5.41) is 0. The molecule has 3 nitrogen and oxygen atoms in total. The van der Waals surface area contributed by atoms with Gasteiger partial charge < -0.3 is 0 Å². The van der Waals surface area contributed by atoms with E-state index in [-0.39, 0.29) is 0 Å². The Morgan fingerprint density at radius 3 is 1.00 bits per heavy atom. The number of carbonyl (C=O) groups is 1. The number of unbranched alkanes of at least 4 members (excludes halogenated alkanes) is 38. The molecule has 0 radical (unpaired) electrons. The first kappa shape index (κ1) is 51.1. The van der Waals surface area contributed by atoms with Crippen molar-refractivity contribution >= 4 is 11.7 Å². The van der Waals surface area contributed by atoms with Crippen molar-refractivity contribution in [3.63, 3.8) is 0 Å². The molecule has 1 unspecified atom stereocenters. The van der Waals surface area contributed by atoms with Gasteiger partial charge >= 0.3 is 5.91 Å². The average Bonchev–Trinajstić information content (AvgIpc) is 3.60. The highest BCUT2D eigenvalue weighted by atomic mass is 16.2. The number of amidine groups is 1. The lowest BCUT2D eigenvalue weighted by molar-refractivity contribution is -0.708. The summed E-state index contributed by atoms with van der Waals surface area (Å²) in [6.45, 7) is 7.84. The Labute approximate surface area is 340 Å². The molecule has 1 aliphatic heterocycles. The molecule has 0 bridgehead atoms. The second kappa shape index (κ2) is 40.2. The van der Waals surface area contributed by atoms with E-state index in [4.69, 9.17) is 4.99 Å². The van der Waals surface area contributed by atoms with Crippen LogP contribution in [0, 0.1) is 0 Å². The van der Waals surface area contributed by atoms with Crippen LogP contribution in [0.4, 0.5) is 0 Å². The molecule has 3 heteroatoms. The van der Waals surface area contributed by atoms with Crippen molar-refractivity contribution in [2.24, 2.45) is 4.99 Å². The van der Waals surface area contributed by atoms with E-state index in [0.29, 0.717) is 10.4 Å². The van der Waals surface area contributed by atoms with Crippen LogP contribution in [0.25, 0.3) is 0 Å². The summed E-state index contributed by atoms with van der Waals surface area (Å²) in [6, 6.07) is 0. The van der Waals surface area contributed by atoms with Gasteiger partial charge in [-0.05, 0) is 25.7 Å². The zero-order valence-corrected chi connectivity index (χ0v) is 37.6. The minimum atomic E-state index is 0.422. The number of hydrogen-bond donors (Lipinski definition) is 0. The van der Waals surface area contributed by atoms with Crippen LogP contribution in [0.1, 0.15) is 297 Å². The van der Waals surface area contributed by atoms with E-state index in [1.54, 1.807) is 0 Å². The Kier molecular flexibility index (Phi) is 38.1. The molecule has 318 valence electrons. The van der Waals surface area contributed by atoms with Gasteiger partial charge in [-0.3, -0.25) is 0 Å². The molecular weight excluding hydrogens is 657 g/mol. The molecule has 0 saturated carbocycles. The number of amides is 1. The minimum absolute atomic E-state index is 0.422. The summed E-state index contributed by atoms with van der Waals surface area (Å²) in [7, 11) is 0. The Bertz CT molecular complexity index is 848. The van der Waals surface area contributed by atoms with Crippen molar-refractivity contribution in [2.45, 2.75) is 297 Å². The van der Waals surface area contributed by atoms with E-state index >= 15 is 0 Å². The first-order valence-electron chi connectivity index (χ1n) is 25.4. The molecule has 54 heavy (non-hydrogen) atoms. The van der Waals surface area contributed by atoms with Crippen LogP contribution in [-0.2, 0) is 4.79 Å². The van der Waals surface area contributed by atoms with Crippen molar-refractivity contribution in [3.05, 3.63) is 12.4 Å². The summed E-state index contributed by atoms with van der Waals surface area (Å²) in [6.07, 6.45) is 62.0. The van der Waals surface area contributed by atoms with E-state index in [1.165, 1.54) is 250 Å². The molecular formula is C51H99N2O+. The molecule has 1 atom stereocenters. The standard InChI is InChI=1S/C51H99N2O/c1-4-7-10-13-16-19-22-25-28-30-33-36-39-42-45-50-52-47-49-53(50,48-44-41-38-35-32-29-26-23-20-17-14-11-8-5-2)51(54)46-43-40-37-34-31-27-24-21-18-15-12-9-6-3/h47,49H,4-46,48H2,1-3H3/q+1. The number of nitrogens with zero attached hydrogens (tertiary/aromatic N) is 2. The third kappa shape index (κ3) is 29.3. The van der Waals surface area contributed by atoms with E-state index in [9.17, 15) is 4.79 Å². The Morgan fingerprint density at radius 2 is 0.667 bits per heavy atom. The first-order chi connectivity index (χ1) is 26.7. The Morgan fingerprint density at radius 1 is 0.389 bits per heavy atom. The maximum atomic E-state index is 14.0. The highest BCUT2D eigenvalue weighted by molar-refractivity contribution is 5.90. The minimum Gasteiger partial charge on any atom is -0.230 e. The smallest absolute Gasteiger partial charge is 0.230 e. The van der Waals surface area contributed by atoms with E-state index in [1.807, 2.05) is 6.20 Å². The van der Waals surface area contributed by atoms with E-state index < -0.39 is 0 Å². The van der Waals surface area contributed by atoms with Crippen molar-refractivity contribution in [1.82, 2.24) is 0 Å². The van der Waals surface area contributed by atoms with Crippen molar-refractivity contribution in [1.29, 1.82) is 0 Å². The largest absolute Gasteiger partial charge is 0.324 e. The fourth-order valence-electron chi connectivity index (χ4n) is 8.77. The Balaban J connectivity index is 2.35. The van der Waals surface area contributed by atoms with Gasteiger partial charge in [-0.15, -0.1) is 0 Å². The van der Waals surface area contributed by atoms with Gasteiger partial charge in [0.05, 0.1) is 19.2 Å². The highest BCUT2D eigenvalue weighted by Gasteiger charge is 2.41. The van der Waals surface area contributed by atoms with Crippen LogP contribution < -0.4 is 0 Å². The third-order valence-electron chi connectivity index (χ3n) is 12.6. The van der Waals surface area contributed by atoms with Crippen LogP contribution in [0.15, 0.2) is 17.4 Å². The maximum absolute atomic E-state index is 14.0. The number of carbonyl (C=O) groups excluding carboxylic acids is 1. The van der Waals surface area contributed by atoms with Crippen molar-refractivity contribution in [3.8, 4) is 0 Å². The molecule has 1 amide bonds. The molecule has 0 aromatic carbocycles. The quantitative estimate of drug-likeness (QED) is 0.0450. The summed E-state index contributed by atoms with van der Waals surface area (Å²) in [4.78, 5) is 18.9. The van der Waals surface area contributed by atoms with E-state index in [0.717, 1.165) is 38.1 Å². The number of hydrogen-bond acceptors (Lipinski definition) is 2. The van der Waals surface area contributed by atoms with Crippen molar-refractivity contribution in [2.75, 3.05) is 6.54 Å². The lowest BCUT2D eigenvalue weighted by Gasteiger charge is -2.30. The molecule has 0 spiro atoms. The number of quaternary nitrogens is 1. The number of rotatable bonds is 44. The van der Waals surface area contributed by atoms with Crippen LogP contribution in [0.2, 0.25) is 0 Å². The molecule has 0 saturated heterocycles. The first-order valence-corrected chi connectivity index (χ1v) is 25.4. The predicted molar refractivity (Wildman–Crippen MR) is 242 cm³/mol. The highest BCUT2D eigenvalue weighted by Crippen LogP contribution is 2.27. The molecule has 0 fully saturated rings. The normalized spacial score (nSPS) is 15.4. The van der Waals surface area contributed by atoms with Gasteiger partial charge in [-0.25, -0.2) is 9.79 Å². The fourth-order valence-corrected chi connectivity index (χ4v) is 8.77. The lowest BCUT2D eigenvalue weighted by Crippen LogP contribution is -2.52. The predicted octanol–water partition coefficient (Wildman–Crippen LogP) is 18.0. The van der Waals surface area contributed by atoms with Gasteiger partial charge in [-0.1, -0.05) is 258 Å². The second-order valence-corrected chi connectivity index (χ2v) is 17.8. The Hall–Kier alpha value is -0.960. The fraction of sp³-hybridized carbons (Fsp3) is 0.922. The van der Waals surface area contributed by atoms with Gasteiger partial charge in [0, 0.05) is 6.42 Å². The second-order valence-electron chi connectivity index (χ2n) is 17.8. The molecule has 1 aliphatic rings. The topological polar surface area (TPSA) is 29.4 Å². The van der Waals surface area contributed by atoms with Crippen LogP contribution >= 0.6 is 0 Å². The molecule has 0 aromatic rings. The SMILES string of the molecule is CCCCCCCCCCCCCCCCC1=NC=C[N+]1(CCCCCCCCCCCCCCCC)C(=O)CCCCCCCCCCCCCCC. The summed E-state index contributed by atoms with van der Waals surface area (Å²) >= 11 is 0. The summed E-state index contributed by atoms with van der Waals surface area (Å²) in [5.74, 6) is 1.58.